The second-order valence-electron chi connectivity index (χ2n) is 4.51. The second kappa shape index (κ2) is 7.57. The lowest BCUT2D eigenvalue weighted by atomic mass is 10.1. The van der Waals surface area contributed by atoms with Crippen molar-refractivity contribution in [2.24, 2.45) is 0 Å². The van der Waals surface area contributed by atoms with Crippen molar-refractivity contribution in [3.8, 4) is 17.4 Å². The van der Waals surface area contributed by atoms with E-state index in [0.29, 0.717) is 21.6 Å². The lowest BCUT2D eigenvalue weighted by Crippen LogP contribution is -2.05. The van der Waals surface area contributed by atoms with Gasteiger partial charge in [-0.1, -0.05) is 0 Å². The second-order valence-corrected chi connectivity index (χ2v) is 5.37. The molecule has 0 N–H and O–H groups in total. The number of nitriles is 1. The Hall–Kier alpha value is -2.92. The number of ether oxygens (including phenoxy) is 1. The first-order chi connectivity index (χ1) is 11.5. The van der Waals surface area contributed by atoms with Crippen molar-refractivity contribution < 1.29 is 18.9 Å². The molecular weight excluding hydrogens is 380 g/mol. The Labute approximate surface area is 145 Å². The number of esters is 1. The van der Waals surface area contributed by atoms with Gasteiger partial charge in [-0.15, -0.1) is 0 Å². The van der Waals surface area contributed by atoms with Crippen LogP contribution in [0.25, 0.3) is 17.4 Å². The number of non-ortho nitro benzene ring substituents is 1. The first kappa shape index (κ1) is 17.4. The summed E-state index contributed by atoms with van der Waals surface area (Å²) in [6.07, 6.45) is 1.28. The van der Waals surface area contributed by atoms with Gasteiger partial charge in [0.1, 0.15) is 23.2 Å². The fourth-order valence-electron chi connectivity index (χ4n) is 1.88. The number of furan rings is 1. The topological polar surface area (TPSA) is 106 Å². The van der Waals surface area contributed by atoms with Gasteiger partial charge in [-0.05, 0) is 41.1 Å². The van der Waals surface area contributed by atoms with E-state index >= 15 is 0 Å². The average Bonchev–Trinajstić information content (AvgIpc) is 3.00. The molecule has 2 aromatic rings. The molecule has 8 heteroatoms. The van der Waals surface area contributed by atoms with Gasteiger partial charge in [-0.2, -0.15) is 5.26 Å². The number of nitro benzene ring substituents is 1. The molecule has 0 fully saturated rings. The number of carbonyl (C=O) groups excluding carboxylic acids is 1. The van der Waals surface area contributed by atoms with Crippen LogP contribution in [0.4, 0.5) is 5.69 Å². The molecular formula is C16H11BrN2O5. The summed E-state index contributed by atoms with van der Waals surface area (Å²) in [6, 6.07) is 9.25. The number of nitrogens with zero attached hydrogens (tertiary/aromatic N) is 2. The quantitative estimate of drug-likeness (QED) is 0.250. The highest BCUT2D eigenvalue weighted by Gasteiger charge is 2.14. The van der Waals surface area contributed by atoms with E-state index in [9.17, 15) is 14.9 Å². The van der Waals surface area contributed by atoms with E-state index in [1.165, 1.54) is 18.2 Å². The fourth-order valence-corrected chi connectivity index (χ4v) is 2.44. The van der Waals surface area contributed by atoms with Crippen LogP contribution in [-0.2, 0) is 9.53 Å². The van der Waals surface area contributed by atoms with Crippen LogP contribution in [0.5, 0.6) is 0 Å². The van der Waals surface area contributed by atoms with E-state index in [4.69, 9.17) is 14.4 Å². The highest BCUT2D eigenvalue weighted by Crippen LogP contribution is 2.32. The van der Waals surface area contributed by atoms with Gasteiger partial charge < -0.3 is 9.15 Å². The molecule has 0 amide bonds. The van der Waals surface area contributed by atoms with Crippen molar-refractivity contribution >= 4 is 33.7 Å². The van der Waals surface area contributed by atoms with Crippen LogP contribution < -0.4 is 0 Å². The van der Waals surface area contributed by atoms with E-state index < -0.39 is 10.9 Å². The van der Waals surface area contributed by atoms with E-state index in [2.05, 4.69) is 15.9 Å². The molecule has 1 aromatic carbocycles. The van der Waals surface area contributed by atoms with Crippen LogP contribution in [-0.4, -0.2) is 17.5 Å². The molecule has 0 aliphatic heterocycles. The third kappa shape index (κ3) is 3.88. The van der Waals surface area contributed by atoms with E-state index in [1.807, 2.05) is 0 Å². The van der Waals surface area contributed by atoms with Gasteiger partial charge in [-0.25, -0.2) is 4.79 Å². The fraction of sp³-hybridized carbons (Fsp3) is 0.125. The van der Waals surface area contributed by atoms with Crippen LogP contribution in [0, 0.1) is 21.4 Å². The normalized spacial score (nSPS) is 11.0. The molecule has 7 nitrogen and oxygen atoms in total. The zero-order valence-corrected chi connectivity index (χ0v) is 14.1. The number of benzene rings is 1. The number of hydrogen-bond acceptors (Lipinski definition) is 6. The maximum atomic E-state index is 11.6. The molecule has 0 saturated carbocycles. The van der Waals surface area contributed by atoms with Crippen molar-refractivity contribution in [2.45, 2.75) is 6.92 Å². The Morgan fingerprint density at radius 1 is 1.46 bits per heavy atom. The maximum absolute atomic E-state index is 11.6. The smallest absolute Gasteiger partial charge is 0.349 e. The first-order valence-electron chi connectivity index (χ1n) is 6.79. The molecule has 0 saturated heterocycles. The van der Waals surface area contributed by atoms with Gasteiger partial charge in [0, 0.05) is 28.2 Å². The number of nitro groups is 1. The minimum atomic E-state index is -0.727. The largest absolute Gasteiger partial charge is 0.462 e. The summed E-state index contributed by atoms with van der Waals surface area (Å²) in [5.41, 5.74) is 0.377. The highest BCUT2D eigenvalue weighted by atomic mass is 79.9. The molecule has 1 aromatic heterocycles. The summed E-state index contributed by atoms with van der Waals surface area (Å²) >= 11 is 3.26. The van der Waals surface area contributed by atoms with Gasteiger partial charge in [0.15, 0.2) is 0 Å². The zero-order chi connectivity index (χ0) is 17.7. The van der Waals surface area contributed by atoms with Crippen LogP contribution in [0.2, 0.25) is 0 Å². The van der Waals surface area contributed by atoms with Gasteiger partial charge >= 0.3 is 5.97 Å². The molecule has 2 rings (SSSR count). The molecule has 0 aliphatic rings. The van der Waals surface area contributed by atoms with Crippen molar-refractivity contribution in [3.63, 3.8) is 0 Å². The van der Waals surface area contributed by atoms with Crippen LogP contribution >= 0.6 is 15.9 Å². The highest BCUT2D eigenvalue weighted by molar-refractivity contribution is 9.10. The molecule has 1 heterocycles. The molecule has 0 bridgehead atoms. The number of rotatable bonds is 5. The SMILES string of the molecule is CCOC(=O)C(C#N)=Cc1ccc(-c2ccc([N+](=O)[O-])cc2Br)o1. The molecule has 0 radical (unpaired) electrons. The standard InChI is InChI=1S/C16H11BrN2O5/c1-2-23-16(20)10(9-18)7-12-4-6-15(24-12)13-5-3-11(19(21)22)8-14(13)17/h3-8H,2H2,1H3. The zero-order valence-electron chi connectivity index (χ0n) is 12.5. The number of hydrogen-bond donors (Lipinski definition) is 0. The van der Waals surface area contributed by atoms with E-state index in [1.54, 1.807) is 31.2 Å². The summed E-state index contributed by atoms with van der Waals surface area (Å²) in [5.74, 6) is -0.00139. The third-order valence-electron chi connectivity index (χ3n) is 2.96. The van der Waals surface area contributed by atoms with E-state index in [-0.39, 0.29) is 17.9 Å². The minimum absolute atomic E-state index is 0.0496. The van der Waals surface area contributed by atoms with E-state index in [0.717, 1.165) is 0 Å². The Morgan fingerprint density at radius 3 is 2.79 bits per heavy atom. The average molecular weight is 391 g/mol. The Kier molecular flexibility index (Phi) is 5.50. The third-order valence-corrected chi connectivity index (χ3v) is 3.61. The van der Waals surface area contributed by atoms with Crippen molar-refractivity contribution in [2.75, 3.05) is 6.61 Å². The van der Waals surface area contributed by atoms with Crippen LogP contribution in [0.1, 0.15) is 12.7 Å². The summed E-state index contributed by atoms with van der Waals surface area (Å²) in [5, 5.41) is 19.8. The Balaban J connectivity index is 2.33. The summed E-state index contributed by atoms with van der Waals surface area (Å²) in [6.45, 7) is 1.81. The molecule has 0 atom stereocenters. The predicted octanol–water partition coefficient (Wildman–Crippen LogP) is 4.09. The van der Waals surface area contributed by atoms with Gasteiger partial charge in [0.05, 0.1) is 11.5 Å². The lowest BCUT2D eigenvalue weighted by Gasteiger charge is -2.01. The van der Waals surface area contributed by atoms with Crippen molar-refractivity contribution in [1.29, 1.82) is 5.26 Å². The number of carbonyl (C=O) groups is 1. The Bertz CT molecular complexity index is 864. The van der Waals surface area contributed by atoms with Crippen molar-refractivity contribution in [3.05, 3.63) is 56.3 Å². The molecule has 0 aliphatic carbocycles. The lowest BCUT2D eigenvalue weighted by molar-refractivity contribution is -0.384. The molecule has 122 valence electrons. The summed E-state index contributed by atoms with van der Waals surface area (Å²) in [4.78, 5) is 21.8. The molecule has 24 heavy (non-hydrogen) atoms. The predicted molar refractivity (Wildman–Crippen MR) is 88.7 cm³/mol. The molecule has 0 unspecified atom stereocenters. The number of halogens is 1. The summed E-state index contributed by atoms with van der Waals surface area (Å²) < 4.78 is 10.8. The van der Waals surface area contributed by atoms with Crippen LogP contribution in [0.15, 0.2) is 44.8 Å². The molecule has 0 spiro atoms. The van der Waals surface area contributed by atoms with Crippen LogP contribution in [0.3, 0.4) is 0 Å². The van der Waals surface area contributed by atoms with Gasteiger partial charge in [0.25, 0.3) is 5.69 Å². The Morgan fingerprint density at radius 2 is 2.21 bits per heavy atom. The van der Waals surface area contributed by atoms with Crippen molar-refractivity contribution in [1.82, 2.24) is 0 Å². The monoisotopic (exact) mass is 390 g/mol. The first-order valence-corrected chi connectivity index (χ1v) is 7.58. The van der Waals surface area contributed by atoms with Gasteiger partial charge in [0.2, 0.25) is 0 Å². The minimum Gasteiger partial charge on any atom is -0.462 e. The van der Waals surface area contributed by atoms with Gasteiger partial charge in [-0.3, -0.25) is 10.1 Å². The maximum Gasteiger partial charge on any atom is 0.349 e. The summed E-state index contributed by atoms with van der Waals surface area (Å²) in [7, 11) is 0.